The Morgan fingerprint density at radius 1 is 1.00 bits per heavy atom. The minimum absolute atomic E-state index is 0.259. The molecule has 0 aromatic heterocycles. The Morgan fingerprint density at radius 2 is 1.52 bits per heavy atom. The van der Waals surface area contributed by atoms with Crippen molar-refractivity contribution in [3.8, 4) is 5.75 Å². The molecule has 1 aromatic rings. The maximum atomic E-state index is 10.8. The van der Waals surface area contributed by atoms with Crippen LogP contribution in [-0.4, -0.2) is 41.8 Å². The van der Waals surface area contributed by atoms with Crippen LogP contribution in [0.3, 0.4) is 0 Å². The van der Waals surface area contributed by atoms with E-state index in [-0.39, 0.29) is 11.9 Å². The highest BCUT2D eigenvalue weighted by Crippen LogP contribution is 2.33. The summed E-state index contributed by atoms with van der Waals surface area (Å²) in [4.78, 5) is 21.5. The van der Waals surface area contributed by atoms with Crippen molar-refractivity contribution in [1.29, 1.82) is 0 Å². The maximum absolute atomic E-state index is 10.8. The highest BCUT2D eigenvalue weighted by atomic mass is 32.2. The van der Waals surface area contributed by atoms with Crippen molar-refractivity contribution in [2.75, 3.05) is 24.7 Å². The number of aryl methyl sites for hydroxylation is 1. The first-order chi connectivity index (χ1) is 11.8. The molecule has 0 saturated carbocycles. The van der Waals surface area contributed by atoms with Crippen LogP contribution in [0.4, 0.5) is 0 Å². The lowest BCUT2D eigenvalue weighted by atomic mass is 10.00. The first kappa shape index (κ1) is 21.7. The van der Waals surface area contributed by atoms with Gasteiger partial charge in [0, 0.05) is 42.4 Å². The van der Waals surface area contributed by atoms with Crippen molar-refractivity contribution in [3.63, 3.8) is 0 Å². The highest BCUT2D eigenvalue weighted by molar-refractivity contribution is 7.98. The molecule has 0 saturated heterocycles. The molecule has 0 radical (unpaired) electrons. The van der Waals surface area contributed by atoms with Crippen LogP contribution < -0.4 is 0 Å². The molecule has 7 heteroatoms. The van der Waals surface area contributed by atoms with E-state index in [4.69, 9.17) is 9.47 Å². The Hall–Kier alpha value is -1.34. The maximum Gasteiger partial charge on any atom is 0.302 e. The summed E-state index contributed by atoms with van der Waals surface area (Å²) < 4.78 is 9.85. The molecular weight excluding hydrogens is 360 g/mol. The van der Waals surface area contributed by atoms with Crippen LogP contribution >= 0.6 is 23.5 Å². The summed E-state index contributed by atoms with van der Waals surface area (Å²) in [6.07, 6.45) is 0. The fraction of sp³-hybridized carbons (Fsp3) is 0.556. The number of hydrogen-bond acceptors (Lipinski definition) is 7. The zero-order valence-electron chi connectivity index (χ0n) is 15.2. The molecule has 1 aromatic carbocycles. The number of rotatable bonds is 10. The van der Waals surface area contributed by atoms with Crippen molar-refractivity contribution in [2.24, 2.45) is 0 Å². The number of phenols is 1. The molecule has 0 spiro atoms. The molecule has 0 aliphatic heterocycles. The fourth-order valence-corrected chi connectivity index (χ4v) is 3.99. The Balaban J connectivity index is 2.60. The minimum atomic E-state index is -0.275. The zero-order valence-corrected chi connectivity index (χ0v) is 16.8. The van der Waals surface area contributed by atoms with E-state index in [0.717, 1.165) is 28.2 Å². The average Bonchev–Trinajstić information content (AvgIpc) is 2.53. The lowest BCUT2D eigenvalue weighted by molar-refractivity contribution is -0.141. The smallest absolute Gasteiger partial charge is 0.302 e. The zero-order chi connectivity index (χ0) is 18.8. The molecule has 0 aliphatic rings. The molecule has 0 atom stereocenters. The third-order valence-electron chi connectivity index (χ3n) is 3.55. The molecule has 25 heavy (non-hydrogen) atoms. The lowest BCUT2D eigenvalue weighted by Crippen LogP contribution is -2.04. The number of benzene rings is 1. The van der Waals surface area contributed by atoms with Gasteiger partial charge in [-0.25, -0.2) is 0 Å². The van der Waals surface area contributed by atoms with Crippen molar-refractivity contribution in [3.05, 3.63) is 28.3 Å². The normalized spacial score (nSPS) is 10.6. The van der Waals surface area contributed by atoms with E-state index in [1.807, 2.05) is 19.9 Å². The Labute approximate surface area is 157 Å². The molecule has 0 bridgehead atoms. The molecule has 0 fully saturated rings. The van der Waals surface area contributed by atoms with Gasteiger partial charge in [0.1, 0.15) is 19.0 Å². The molecule has 0 aliphatic carbocycles. The van der Waals surface area contributed by atoms with Gasteiger partial charge in [-0.1, -0.05) is 6.07 Å². The molecule has 5 nitrogen and oxygen atoms in total. The first-order valence-electron chi connectivity index (χ1n) is 8.06. The van der Waals surface area contributed by atoms with Gasteiger partial charge >= 0.3 is 11.9 Å². The van der Waals surface area contributed by atoms with E-state index >= 15 is 0 Å². The first-order valence-corrected chi connectivity index (χ1v) is 10.4. The van der Waals surface area contributed by atoms with Crippen molar-refractivity contribution < 1.29 is 24.2 Å². The molecule has 1 N–H and O–H groups in total. The van der Waals surface area contributed by atoms with Gasteiger partial charge in [0.25, 0.3) is 0 Å². The summed E-state index contributed by atoms with van der Waals surface area (Å²) in [5.74, 6) is 2.72. The number of carbonyl (C=O) groups is 2. The van der Waals surface area contributed by atoms with E-state index in [0.29, 0.717) is 30.5 Å². The van der Waals surface area contributed by atoms with Gasteiger partial charge in [0.15, 0.2) is 0 Å². The van der Waals surface area contributed by atoms with Crippen LogP contribution in [-0.2, 0) is 30.6 Å². The van der Waals surface area contributed by atoms with Gasteiger partial charge in [-0.05, 0) is 30.5 Å². The van der Waals surface area contributed by atoms with Gasteiger partial charge in [-0.15, -0.1) is 0 Å². The van der Waals surface area contributed by atoms with Crippen LogP contribution in [0.5, 0.6) is 5.75 Å². The second-order valence-corrected chi connectivity index (χ2v) is 7.80. The standard InChI is InChI=1S/C18H26O5S2/c1-12-9-16(10-24-7-5-22-14(3)19)13(2)17(18(12)21)11-25-8-6-23-15(4)20/h9,21H,5-8,10-11H2,1-4H3. The Morgan fingerprint density at radius 3 is 2.04 bits per heavy atom. The van der Waals surface area contributed by atoms with Crippen LogP contribution in [0.25, 0.3) is 0 Å². The minimum Gasteiger partial charge on any atom is -0.507 e. The van der Waals surface area contributed by atoms with Gasteiger partial charge in [0.2, 0.25) is 0 Å². The Bertz CT molecular complexity index is 602. The molecule has 140 valence electrons. The van der Waals surface area contributed by atoms with Crippen LogP contribution in [0.15, 0.2) is 6.07 Å². The monoisotopic (exact) mass is 386 g/mol. The van der Waals surface area contributed by atoms with E-state index in [2.05, 4.69) is 0 Å². The van der Waals surface area contributed by atoms with Crippen molar-refractivity contribution in [1.82, 2.24) is 0 Å². The van der Waals surface area contributed by atoms with Gasteiger partial charge in [-0.3, -0.25) is 9.59 Å². The number of ether oxygens (including phenoxy) is 2. The van der Waals surface area contributed by atoms with E-state index in [1.165, 1.54) is 19.4 Å². The molecule has 0 heterocycles. The van der Waals surface area contributed by atoms with Gasteiger partial charge < -0.3 is 14.6 Å². The quantitative estimate of drug-likeness (QED) is 0.486. The third kappa shape index (κ3) is 8.05. The number of esters is 2. The molecule has 1 rings (SSSR count). The van der Waals surface area contributed by atoms with E-state index in [9.17, 15) is 14.7 Å². The third-order valence-corrected chi connectivity index (χ3v) is 5.47. The van der Waals surface area contributed by atoms with Gasteiger partial charge in [0.05, 0.1) is 0 Å². The number of hydrogen-bond donors (Lipinski definition) is 1. The molecule has 0 unspecified atom stereocenters. The Kier molecular flexibility index (Phi) is 9.82. The fourth-order valence-electron chi connectivity index (χ4n) is 2.22. The topological polar surface area (TPSA) is 72.8 Å². The summed E-state index contributed by atoms with van der Waals surface area (Å²) in [5, 5.41) is 10.4. The predicted molar refractivity (Wildman–Crippen MR) is 103 cm³/mol. The lowest BCUT2D eigenvalue weighted by Gasteiger charge is -2.16. The van der Waals surface area contributed by atoms with Crippen molar-refractivity contribution in [2.45, 2.75) is 39.2 Å². The summed E-state index contributed by atoms with van der Waals surface area (Å²) in [7, 11) is 0. The molecule has 0 amide bonds. The largest absolute Gasteiger partial charge is 0.507 e. The van der Waals surface area contributed by atoms with Crippen LogP contribution in [0, 0.1) is 13.8 Å². The summed E-state index contributed by atoms with van der Waals surface area (Å²) in [5.41, 5.74) is 4.06. The van der Waals surface area contributed by atoms with Crippen LogP contribution in [0.1, 0.15) is 36.1 Å². The van der Waals surface area contributed by atoms with E-state index in [1.54, 1.807) is 23.5 Å². The summed E-state index contributed by atoms with van der Waals surface area (Å²) in [6.45, 7) is 7.51. The second-order valence-electron chi connectivity index (χ2n) is 5.59. The number of carbonyl (C=O) groups excluding carboxylic acids is 2. The van der Waals surface area contributed by atoms with Crippen LogP contribution in [0.2, 0.25) is 0 Å². The summed E-state index contributed by atoms with van der Waals surface area (Å²) >= 11 is 3.33. The number of thioether (sulfide) groups is 2. The van der Waals surface area contributed by atoms with Crippen molar-refractivity contribution >= 4 is 35.5 Å². The van der Waals surface area contributed by atoms with E-state index < -0.39 is 0 Å². The van der Waals surface area contributed by atoms with Gasteiger partial charge in [-0.2, -0.15) is 23.5 Å². The number of phenolic OH excluding ortho intramolecular Hbond substituents is 1. The number of aromatic hydroxyl groups is 1. The SMILES string of the molecule is CC(=O)OCCSCc1cc(C)c(O)c(CSCCOC(C)=O)c1C. The predicted octanol–water partition coefficient (Wildman–Crippen LogP) is 3.60. The summed E-state index contributed by atoms with van der Waals surface area (Å²) in [6, 6.07) is 2.01. The molecular formula is C18H26O5S2. The average molecular weight is 387 g/mol. The second kappa shape index (κ2) is 11.3. The highest BCUT2D eigenvalue weighted by Gasteiger charge is 2.13.